The Balaban J connectivity index is 0.000000921. The van der Waals surface area contributed by atoms with Crippen LogP contribution in [-0.2, 0) is 5.41 Å². The summed E-state index contributed by atoms with van der Waals surface area (Å²) >= 11 is 0. The smallest absolute Gasteiger partial charge is 0.152 e. The van der Waals surface area contributed by atoms with Crippen LogP contribution in [0.3, 0.4) is 0 Å². The van der Waals surface area contributed by atoms with Crippen LogP contribution in [0, 0.1) is 0 Å². The predicted octanol–water partition coefficient (Wildman–Crippen LogP) is 3.68. The first-order valence-electron chi connectivity index (χ1n) is 5.38. The molecule has 0 aliphatic carbocycles. The van der Waals surface area contributed by atoms with Crippen molar-refractivity contribution in [2.24, 2.45) is 0 Å². The molecule has 0 atom stereocenters. The Kier molecular flexibility index (Phi) is 5.12. The van der Waals surface area contributed by atoms with Crippen LogP contribution in [0.1, 0.15) is 47.2 Å². The summed E-state index contributed by atoms with van der Waals surface area (Å²) in [6.07, 6.45) is 0. The van der Waals surface area contributed by atoms with Crippen molar-refractivity contribution in [3.63, 3.8) is 0 Å². The Morgan fingerprint density at radius 2 is 1.93 bits per heavy atom. The highest BCUT2D eigenvalue weighted by Gasteiger charge is 2.16. The molecule has 0 radical (unpaired) electrons. The van der Waals surface area contributed by atoms with E-state index in [2.05, 4.69) is 42.9 Å². The summed E-state index contributed by atoms with van der Waals surface area (Å²) in [7, 11) is 0. The van der Waals surface area contributed by atoms with Gasteiger partial charge in [-0.15, -0.1) is 0 Å². The van der Waals surface area contributed by atoms with E-state index in [0.29, 0.717) is 0 Å². The number of aromatic amines is 1. The first-order valence-corrected chi connectivity index (χ1v) is 5.38. The summed E-state index contributed by atoms with van der Waals surface area (Å²) in [5.41, 5.74) is 2.13. The number of nitrogens with one attached hydrogen (secondary N) is 2. The van der Waals surface area contributed by atoms with E-state index in [1.165, 1.54) is 0 Å². The summed E-state index contributed by atoms with van der Waals surface area (Å²) in [6.45, 7) is 16.1. The zero-order chi connectivity index (χ0) is 12.1. The van der Waals surface area contributed by atoms with Gasteiger partial charge in [0.15, 0.2) is 5.82 Å². The molecule has 0 fully saturated rings. The molecule has 0 spiro atoms. The number of hydrogen-bond acceptors (Lipinski definition) is 2. The molecule has 2 N–H and O–H groups in total. The van der Waals surface area contributed by atoms with Crippen LogP contribution in [0.4, 0.5) is 5.82 Å². The van der Waals surface area contributed by atoms with Gasteiger partial charge >= 0.3 is 0 Å². The molecule has 86 valence electrons. The Hall–Kier alpha value is -1.25. The minimum absolute atomic E-state index is 0.113. The Morgan fingerprint density at radius 3 is 2.27 bits per heavy atom. The second-order valence-corrected chi connectivity index (χ2v) is 4.32. The van der Waals surface area contributed by atoms with Crippen LogP contribution in [0.15, 0.2) is 18.3 Å². The molecule has 0 aliphatic heterocycles. The molecule has 15 heavy (non-hydrogen) atoms. The van der Waals surface area contributed by atoms with Crippen molar-refractivity contribution in [2.75, 3.05) is 5.32 Å². The Morgan fingerprint density at radius 1 is 1.40 bits per heavy atom. The van der Waals surface area contributed by atoms with E-state index in [9.17, 15) is 0 Å². The second-order valence-electron chi connectivity index (χ2n) is 4.32. The number of aromatic nitrogens is 2. The lowest BCUT2D eigenvalue weighted by atomic mass is 9.92. The molecular formula is C12H23N3. The maximum Gasteiger partial charge on any atom is 0.152 e. The topological polar surface area (TPSA) is 40.7 Å². The number of hydrogen-bond donors (Lipinski definition) is 2. The van der Waals surface area contributed by atoms with E-state index >= 15 is 0 Å². The molecular weight excluding hydrogens is 186 g/mol. The van der Waals surface area contributed by atoms with Crippen LogP contribution < -0.4 is 5.32 Å². The molecule has 0 bridgehead atoms. The minimum atomic E-state index is 0.113. The third-order valence-electron chi connectivity index (χ3n) is 1.73. The van der Waals surface area contributed by atoms with Crippen molar-refractivity contribution in [3.8, 4) is 0 Å². The fourth-order valence-corrected chi connectivity index (χ4v) is 0.989. The van der Waals surface area contributed by atoms with Gasteiger partial charge in [0.1, 0.15) is 0 Å². The van der Waals surface area contributed by atoms with Gasteiger partial charge in [0.05, 0.1) is 0 Å². The average Bonchev–Trinajstić information content (AvgIpc) is 2.54. The van der Waals surface area contributed by atoms with E-state index in [-0.39, 0.29) is 5.41 Å². The molecule has 3 nitrogen and oxygen atoms in total. The first kappa shape index (κ1) is 13.8. The number of allylic oxidation sites excluding steroid dienone is 1. The average molecular weight is 209 g/mol. The van der Waals surface area contributed by atoms with E-state index in [0.717, 1.165) is 17.2 Å². The van der Waals surface area contributed by atoms with Gasteiger partial charge in [-0.05, 0) is 6.92 Å². The molecule has 1 rings (SSSR count). The summed E-state index contributed by atoms with van der Waals surface area (Å²) in [5, 5.41) is 10.2. The number of anilines is 1. The third kappa shape index (κ3) is 4.68. The van der Waals surface area contributed by atoms with E-state index in [1.807, 2.05) is 26.8 Å². The normalized spacial score (nSPS) is 10.3. The van der Waals surface area contributed by atoms with Gasteiger partial charge in [0.2, 0.25) is 0 Å². The van der Waals surface area contributed by atoms with Crippen LogP contribution in [0.2, 0.25) is 0 Å². The molecule has 0 saturated carbocycles. The molecule has 1 heterocycles. The van der Waals surface area contributed by atoms with Gasteiger partial charge < -0.3 is 5.32 Å². The molecule has 1 aromatic heterocycles. The number of nitrogens with zero attached hydrogens (tertiary/aromatic N) is 1. The lowest BCUT2D eigenvalue weighted by Gasteiger charge is -2.14. The minimum Gasteiger partial charge on any atom is -0.343 e. The molecule has 0 unspecified atom stereocenters. The van der Waals surface area contributed by atoms with E-state index in [1.54, 1.807) is 0 Å². The lowest BCUT2D eigenvalue weighted by Crippen LogP contribution is -2.11. The second kappa shape index (κ2) is 5.59. The maximum absolute atomic E-state index is 4.13. The van der Waals surface area contributed by atoms with Crippen LogP contribution in [-0.4, -0.2) is 10.2 Å². The number of H-pyrrole nitrogens is 1. The molecule has 0 saturated heterocycles. The van der Waals surface area contributed by atoms with Crippen molar-refractivity contribution in [1.82, 2.24) is 10.2 Å². The van der Waals surface area contributed by atoms with Crippen LogP contribution in [0.5, 0.6) is 0 Å². The molecule has 1 aromatic rings. The monoisotopic (exact) mass is 209 g/mol. The summed E-state index contributed by atoms with van der Waals surface area (Å²) in [4.78, 5) is 0. The highest BCUT2D eigenvalue weighted by atomic mass is 15.2. The van der Waals surface area contributed by atoms with Gasteiger partial charge in [0, 0.05) is 22.9 Å². The standard InChI is InChI=1S/C10H17N3.C2H6/c1-7(2)11-9-6-8(12-13-9)10(3,4)5;1-2/h6H,1H2,2-5H3,(H2,11,12,13);1-2H3. The van der Waals surface area contributed by atoms with Crippen molar-refractivity contribution in [1.29, 1.82) is 0 Å². The quantitative estimate of drug-likeness (QED) is 0.780. The van der Waals surface area contributed by atoms with Crippen molar-refractivity contribution in [3.05, 3.63) is 24.0 Å². The molecule has 0 aromatic carbocycles. The third-order valence-corrected chi connectivity index (χ3v) is 1.73. The number of rotatable bonds is 2. The van der Waals surface area contributed by atoms with Crippen molar-refractivity contribution >= 4 is 5.82 Å². The van der Waals surface area contributed by atoms with Crippen LogP contribution >= 0.6 is 0 Å². The summed E-state index contributed by atoms with van der Waals surface area (Å²) in [5.74, 6) is 0.831. The summed E-state index contributed by atoms with van der Waals surface area (Å²) in [6, 6.07) is 2.01. The van der Waals surface area contributed by atoms with Gasteiger partial charge in [-0.1, -0.05) is 41.2 Å². The lowest BCUT2D eigenvalue weighted by molar-refractivity contribution is 0.567. The first-order chi connectivity index (χ1) is 6.89. The van der Waals surface area contributed by atoms with Gasteiger partial charge in [-0.3, -0.25) is 5.10 Å². The van der Waals surface area contributed by atoms with E-state index in [4.69, 9.17) is 0 Å². The maximum atomic E-state index is 4.13. The molecule has 0 amide bonds. The summed E-state index contributed by atoms with van der Waals surface area (Å²) < 4.78 is 0. The Labute approximate surface area is 93.0 Å². The largest absolute Gasteiger partial charge is 0.343 e. The fourth-order valence-electron chi connectivity index (χ4n) is 0.989. The zero-order valence-corrected chi connectivity index (χ0v) is 10.7. The highest BCUT2D eigenvalue weighted by Crippen LogP contribution is 2.22. The van der Waals surface area contributed by atoms with Gasteiger partial charge in [0.25, 0.3) is 0 Å². The van der Waals surface area contributed by atoms with E-state index < -0.39 is 0 Å². The van der Waals surface area contributed by atoms with Gasteiger partial charge in [-0.25, -0.2) is 0 Å². The van der Waals surface area contributed by atoms with Crippen molar-refractivity contribution in [2.45, 2.75) is 47.0 Å². The van der Waals surface area contributed by atoms with Gasteiger partial charge in [-0.2, -0.15) is 5.10 Å². The predicted molar refractivity (Wildman–Crippen MR) is 67.1 cm³/mol. The Bertz CT molecular complexity index is 305. The van der Waals surface area contributed by atoms with Crippen molar-refractivity contribution < 1.29 is 0 Å². The molecule has 3 heteroatoms. The fraction of sp³-hybridized carbons (Fsp3) is 0.583. The van der Waals surface area contributed by atoms with Crippen LogP contribution in [0.25, 0.3) is 0 Å². The highest BCUT2D eigenvalue weighted by molar-refractivity contribution is 5.41. The SMILES string of the molecule is C=C(C)Nc1cc(C(C)(C)C)[nH]n1.CC. The molecule has 0 aliphatic rings. The zero-order valence-electron chi connectivity index (χ0n) is 10.7.